The van der Waals surface area contributed by atoms with E-state index in [9.17, 15) is 8.42 Å². The fourth-order valence-corrected chi connectivity index (χ4v) is 5.22. The van der Waals surface area contributed by atoms with E-state index < -0.39 is 10.0 Å². The van der Waals surface area contributed by atoms with Gasteiger partial charge in [0.1, 0.15) is 11.9 Å². The summed E-state index contributed by atoms with van der Waals surface area (Å²) in [7, 11) is -1.88. The van der Waals surface area contributed by atoms with E-state index >= 15 is 0 Å². The zero-order chi connectivity index (χ0) is 20.4. The van der Waals surface area contributed by atoms with Gasteiger partial charge in [0.15, 0.2) is 5.03 Å². The Morgan fingerprint density at radius 3 is 2.86 bits per heavy atom. The maximum atomic E-state index is 12.9. The highest BCUT2D eigenvalue weighted by atomic mass is 32.2. The third-order valence-electron chi connectivity index (χ3n) is 5.30. The van der Waals surface area contributed by atoms with Crippen molar-refractivity contribution in [1.82, 2.24) is 23.8 Å². The van der Waals surface area contributed by atoms with E-state index in [1.54, 1.807) is 11.6 Å². The molecule has 2 aliphatic heterocycles. The van der Waals surface area contributed by atoms with Crippen LogP contribution in [0.1, 0.15) is 36.8 Å². The minimum atomic E-state index is -3.63. The summed E-state index contributed by atoms with van der Waals surface area (Å²) in [6, 6.07) is 0. The molecule has 0 spiro atoms. The Morgan fingerprint density at radius 1 is 1.28 bits per heavy atom. The molecule has 1 atom stereocenters. The lowest BCUT2D eigenvalue weighted by molar-refractivity contribution is 0.121. The van der Waals surface area contributed by atoms with Gasteiger partial charge in [0.05, 0.1) is 31.8 Å². The smallest absolute Gasteiger partial charge is 0.262 e. The Kier molecular flexibility index (Phi) is 5.84. The number of fused-ring (bicyclic) bond motifs is 1. The van der Waals surface area contributed by atoms with Crippen molar-refractivity contribution < 1.29 is 17.9 Å². The van der Waals surface area contributed by atoms with E-state index in [4.69, 9.17) is 9.47 Å². The van der Waals surface area contributed by atoms with Crippen molar-refractivity contribution in [2.45, 2.75) is 50.2 Å². The van der Waals surface area contributed by atoms with Crippen LogP contribution in [0.3, 0.4) is 0 Å². The van der Waals surface area contributed by atoms with Gasteiger partial charge in [0.2, 0.25) is 5.88 Å². The van der Waals surface area contributed by atoms with Gasteiger partial charge in [-0.05, 0) is 12.8 Å². The highest BCUT2D eigenvalue weighted by molar-refractivity contribution is 7.89. The maximum absolute atomic E-state index is 12.9. The fraction of sp³-hybridized carbons (Fsp3) is 0.632. The van der Waals surface area contributed by atoms with Crippen molar-refractivity contribution in [3.05, 3.63) is 29.6 Å². The molecule has 0 radical (unpaired) electrons. The third kappa shape index (κ3) is 4.29. The van der Waals surface area contributed by atoms with Gasteiger partial charge in [0.25, 0.3) is 10.0 Å². The third-order valence-corrected chi connectivity index (χ3v) is 7.05. The van der Waals surface area contributed by atoms with Gasteiger partial charge in [-0.3, -0.25) is 0 Å². The van der Waals surface area contributed by atoms with Crippen LogP contribution in [0.15, 0.2) is 17.6 Å². The van der Waals surface area contributed by atoms with Crippen LogP contribution in [0, 0.1) is 0 Å². The molecule has 9 nitrogen and oxygen atoms in total. The molecule has 2 aromatic rings. The van der Waals surface area contributed by atoms with E-state index in [1.165, 1.54) is 16.8 Å². The SMILES string of the molecule is CCc1nc2c(c(OC3CCCN(S(=O)(=O)c4cn(C)cn4)C3)n1)CCOCC2. The monoisotopic (exact) mass is 421 g/mol. The number of nitrogens with zero attached hydrogens (tertiary/aromatic N) is 5. The van der Waals surface area contributed by atoms with Crippen LogP contribution >= 0.6 is 0 Å². The summed E-state index contributed by atoms with van der Waals surface area (Å²) in [6.45, 7) is 4.03. The van der Waals surface area contributed by atoms with E-state index in [0.29, 0.717) is 32.1 Å². The van der Waals surface area contributed by atoms with Gasteiger partial charge in [-0.15, -0.1) is 0 Å². The quantitative estimate of drug-likeness (QED) is 0.713. The lowest BCUT2D eigenvalue weighted by Crippen LogP contribution is -2.44. The van der Waals surface area contributed by atoms with E-state index in [2.05, 4.69) is 15.0 Å². The van der Waals surface area contributed by atoms with Gasteiger partial charge in [0, 0.05) is 44.6 Å². The van der Waals surface area contributed by atoms with Crippen LogP contribution in [0.5, 0.6) is 5.88 Å². The first-order valence-electron chi connectivity index (χ1n) is 10.1. The van der Waals surface area contributed by atoms with Crippen LogP contribution in [0.25, 0.3) is 0 Å². The molecule has 1 saturated heterocycles. The number of sulfonamides is 1. The summed E-state index contributed by atoms with van der Waals surface area (Å²) in [5, 5.41) is 0.0713. The van der Waals surface area contributed by atoms with Crippen molar-refractivity contribution in [3.63, 3.8) is 0 Å². The van der Waals surface area contributed by atoms with Crippen LogP contribution in [-0.2, 0) is 41.1 Å². The summed E-state index contributed by atoms with van der Waals surface area (Å²) < 4.78 is 40.8. The molecule has 4 rings (SSSR count). The number of aryl methyl sites for hydroxylation is 2. The Bertz CT molecular complexity index is 975. The Morgan fingerprint density at radius 2 is 2.10 bits per heavy atom. The summed E-state index contributed by atoms with van der Waals surface area (Å²) in [4.78, 5) is 13.3. The molecule has 0 bridgehead atoms. The van der Waals surface area contributed by atoms with E-state index in [0.717, 1.165) is 42.8 Å². The number of hydrogen-bond acceptors (Lipinski definition) is 7. The molecule has 1 fully saturated rings. The highest BCUT2D eigenvalue weighted by Crippen LogP contribution is 2.27. The van der Waals surface area contributed by atoms with E-state index in [1.807, 2.05) is 6.92 Å². The molecule has 4 heterocycles. The molecule has 1 unspecified atom stereocenters. The lowest BCUT2D eigenvalue weighted by Gasteiger charge is -2.31. The summed E-state index contributed by atoms with van der Waals surface area (Å²) in [5.74, 6) is 1.33. The molecule has 2 aliphatic rings. The number of piperidine rings is 1. The molecule has 158 valence electrons. The Labute approximate surface area is 171 Å². The molecule has 0 aliphatic carbocycles. The molecule has 29 heavy (non-hydrogen) atoms. The zero-order valence-electron chi connectivity index (χ0n) is 16.9. The molecule has 0 N–H and O–H groups in total. The average molecular weight is 422 g/mol. The maximum Gasteiger partial charge on any atom is 0.262 e. The number of hydrogen-bond donors (Lipinski definition) is 0. The second-order valence-corrected chi connectivity index (χ2v) is 9.34. The van der Waals surface area contributed by atoms with Crippen molar-refractivity contribution in [1.29, 1.82) is 0 Å². The first-order valence-corrected chi connectivity index (χ1v) is 11.5. The van der Waals surface area contributed by atoms with Crippen molar-refractivity contribution in [2.75, 3.05) is 26.3 Å². The van der Waals surface area contributed by atoms with Gasteiger partial charge in [-0.25, -0.2) is 18.4 Å². The van der Waals surface area contributed by atoms with Gasteiger partial charge >= 0.3 is 0 Å². The van der Waals surface area contributed by atoms with Gasteiger partial charge < -0.3 is 14.0 Å². The molecule has 0 aromatic carbocycles. The van der Waals surface area contributed by atoms with Crippen LogP contribution in [0.4, 0.5) is 0 Å². The standard InChI is InChI=1S/C19H27N5O4S/c1-3-17-21-16-7-10-27-9-6-15(16)19(22-17)28-14-5-4-8-24(11-14)29(25,26)18-12-23(2)13-20-18/h12-14H,3-11H2,1-2H3. The second kappa shape index (κ2) is 8.37. The Balaban J connectivity index is 1.56. The summed E-state index contributed by atoms with van der Waals surface area (Å²) in [5.41, 5.74) is 1.97. The number of imidazole rings is 1. The minimum absolute atomic E-state index is 0.0713. The number of aromatic nitrogens is 4. The van der Waals surface area contributed by atoms with Crippen molar-refractivity contribution in [2.24, 2.45) is 7.05 Å². The zero-order valence-corrected chi connectivity index (χ0v) is 17.7. The summed E-state index contributed by atoms with van der Waals surface area (Å²) >= 11 is 0. The first-order chi connectivity index (χ1) is 14.0. The number of rotatable bonds is 5. The topological polar surface area (TPSA) is 99.4 Å². The average Bonchev–Trinajstić information content (AvgIpc) is 3.02. The van der Waals surface area contributed by atoms with Crippen LogP contribution in [-0.4, -0.2) is 64.6 Å². The predicted octanol–water partition coefficient (Wildman–Crippen LogP) is 1.12. The minimum Gasteiger partial charge on any atom is -0.473 e. The fourth-order valence-electron chi connectivity index (χ4n) is 3.75. The molecular formula is C19H27N5O4S. The highest BCUT2D eigenvalue weighted by Gasteiger charge is 2.33. The molecule has 0 amide bonds. The normalized spacial score (nSPS) is 20.8. The molecule has 2 aromatic heterocycles. The van der Waals surface area contributed by atoms with Gasteiger partial charge in [-0.1, -0.05) is 6.92 Å². The number of ether oxygens (including phenoxy) is 2. The van der Waals surface area contributed by atoms with E-state index in [-0.39, 0.29) is 17.7 Å². The molecular weight excluding hydrogens is 394 g/mol. The van der Waals surface area contributed by atoms with Crippen LogP contribution in [0.2, 0.25) is 0 Å². The molecule has 10 heteroatoms. The van der Waals surface area contributed by atoms with Crippen molar-refractivity contribution >= 4 is 10.0 Å². The predicted molar refractivity (Wildman–Crippen MR) is 105 cm³/mol. The second-order valence-electron chi connectivity index (χ2n) is 7.46. The lowest BCUT2D eigenvalue weighted by atomic mass is 10.1. The van der Waals surface area contributed by atoms with Crippen molar-refractivity contribution in [3.8, 4) is 5.88 Å². The summed E-state index contributed by atoms with van der Waals surface area (Å²) in [6.07, 6.45) is 6.44. The largest absolute Gasteiger partial charge is 0.473 e. The van der Waals surface area contributed by atoms with Gasteiger partial charge in [-0.2, -0.15) is 9.29 Å². The first kappa shape index (κ1) is 20.2. The molecule has 0 saturated carbocycles. The van der Waals surface area contributed by atoms with Crippen LogP contribution < -0.4 is 4.74 Å². The Hall–Kier alpha value is -2.04.